The van der Waals surface area contributed by atoms with Crippen LogP contribution in [0.3, 0.4) is 0 Å². The topological polar surface area (TPSA) is 52.0 Å². The zero-order valence-electron chi connectivity index (χ0n) is 11.6. The van der Waals surface area contributed by atoms with Crippen LogP contribution in [-0.4, -0.2) is 4.98 Å². The van der Waals surface area contributed by atoms with Crippen molar-refractivity contribution < 1.29 is 4.42 Å². The molecule has 3 heteroatoms. The summed E-state index contributed by atoms with van der Waals surface area (Å²) in [5, 5.41) is 0. The van der Waals surface area contributed by atoms with Crippen LogP contribution in [0.25, 0.3) is 11.1 Å². The van der Waals surface area contributed by atoms with Gasteiger partial charge in [-0.3, -0.25) is 0 Å². The number of benzene rings is 2. The van der Waals surface area contributed by atoms with Gasteiger partial charge in [-0.1, -0.05) is 25.1 Å². The average Bonchev–Trinajstić information content (AvgIpc) is 2.87. The first-order valence-corrected chi connectivity index (χ1v) is 6.97. The number of nitrogen functional groups attached to an aromatic ring is 1. The molecule has 3 aromatic rings. The van der Waals surface area contributed by atoms with Crippen LogP contribution in [0.5, 0.6) is 0 Å². The Morgan fingerprint density at radius 2 is 1.95 bits per heavy atom. The Morgan fingerprint density at radius 3 is 2.75 bits per heavy atom. The van der Waals surface area contributed by atoms with Gasteiger partial charge in [0.15, 0.2) is 11.5 Å². The molecule has 0 unspecified atom stereocenters. The molecule has 0 aliphatic rings. The first kappa shape index (κ1) is 12.7. The molecule has 3 nitrogen and oxygen atoms in total. The molecule has 0 aliphatic heterocycles. The van der Waals surface area contributed by atoms with E-state index in [0.717, 1.165) is 41.9 Å². The van der Waals surface area contributed by atoms with Crippen LogP contribution in [0.1, 0.15) is 23.9 Å². The second-order valence-electron chi connectivity index (χ2n) is 5.01. The lowest BCUT2D eigenvalue weighted by Gasteiger charge is -1.99. The summed E-state index contributed by atoms with van der Waals surface area (Å²) in [6.07, 6.45) is 2.69. The first-order valence-electron chi connectivity index (χ1n) is 6.97. The third-order valence-electron chi connectivity index (χ3n) is 3.48. The van der Waals surface area contributed by atoms with Gasteiger partial charge in [-0.2, -0.15) is 0 Å². The molecule has 0 amide bonds. The standard InChI is InChI=1S/C17H18N2O/c1-2-12-6-8-16-15(11-12)19-17(20-16)9-7-13-4-3-5-14(18)10-13/h3-6,8,10-11H,2,7,9,18H2,1H3. The number of nitrogens with zero attached hydrogens (tertiary/aromatic N) is 1. The Labute approximate surface area is 118 Å². The number of aromatic nitrogens is 1. The summed E-state index contributed by atoms with van der Waals surface area (Å²) in [4.78, 5) is 4.56. The molecule has 1 aromatic heterocycles. The molecule has 2 N–H and O–H groups in total. The van der Waals surface area contributed by atoms with Gasteiger partial charge < -0.3 is 10.2 Å². The number of hydrogen-bond donors (Lipinski definition) is 1. The number of oxazole rings is 1. The molecule has 0 atom stereocenters. The van der Waals surface area contributed by atoms with Crippen LogP contribution in [-0.2, 0) is 19.3 Å². The van der Waals surface area contributed by atoms with Crippen molar-refractivity contribution in [2.24, 2.45) is 0 Å². The van der Waals surface area contributed by atoms with Crippen molar-refractivity contribution in [1.82, 2.24) is 4.98 Å². The SMILES string of the molecule is CCc1ccc2oc(CCc3cccc(N)c3)nc2c1. The van der Waals surface area contributed by atoms with Crippen molar-refractivity contribution in [3.8, 4) is 0 Å². The van der Waals surface area contributed by atoms with Gasteiger partial charge in [0.1, 0.15) is 5.52 Å². The minimum absolute atomic E-state index is 0.788. The lowest BCUT2D eigenvalue weighted by atomic mass is 10.1. The Balaban J connectivity index is 1.77. The molecule has 0 fully saturated rings. The van der Waals surface area contributed by atoms with Crippen LogP contribution in [0.2, 0.25) is 0 Å². The number of anilines is 1. The molecular formula is C17H18N2O. The van der Waals surface area contributed by atoms with Crippen LogP contribution in [0, 0.1) is 0 Å². The van der Waals surface area contributed by atoms with E-state index in [2.05, 4.69) is 30.1 Å². The maximum Gasteiger partial charge on any atom is 0.195 e. The second kappa shape index (κ2) is 5.37. The fourth-order valence-corrected chi connectivity index (χ4v) is 2.35. The smallest absolute Gasteiger partial charge is 0.195 e. The molecule has 0 saturated heterocycles. The second-order valence-corrected chi connectivity index (χ2v) is 5.01. The molecule has 1 heterocycles. The van der Waals surface area contributed by atoms with Gasteiger partial charge in [-0.15, -0.1) is 0 Å². The highest BCUT2D eigenvalue weighted by Gasteiger charge is 2.06. The molecule has 0 radical (unpaired) electrons. The summed E-state index contributed by atoms with van der Waals surface area (Å²) in [5.74, 6) is 0.788. The monoisotopic (exact) mass is 266 g/mol. The van der Waals surface area contributed by atoms with Gasteiger partial charge in [0.05, 0.1) is 0 Å². The molecule has 20 heavy (non-hydrogen) atoms. The van der Waals surface area contributed by atoms with Crippen molar-refractivity contribution in [2.45, 2.75) is 26.2 Å². The number of fused-ring (bicyclic) bond motifs is 1. The molecule has 0 spiro atoms. The predicted octanol–water partition coefficient (Wildman–Crippen LogP) is 3.76. The maximum atomic E-state index is 5.78. The van der Waals surface area contributed by atoms with E-state index in [-0.39, 0.29) is 0 Å². The Kier molecular flexibility index (Phi) is 3.42. The molecule has 102 valence electrons. The predicted molar refractivity (Wildman–Crippen MR) is 81.6 cm³/mol. The number of nitrogens with two attached hydrogens (primary N) is 1. The fourth-order valence-electron chi connectivity index (χ4n) is 2.35. The summed E-state index contributed by atoms with van der Waals surface area (Å²) < 4.78 is 5.78. The van der Waals surface area contributed by atoms with E-state index in [1.807, 2.05) is 24.3 Å². The van der Waals surface area contributed by atoms with Gasteiger partial charge in [0.25, 0.3) is 0 Å². The third kappa shape index (κ3) is 2.67. The number of hydrogen-bond acceptors (Lipinski definition) is 3. The van der Waals surface area contributed by atoms with E-state index in [0.29, 0.717) is 0 Å². The van der Waals surface area contributed by atoms with E-state index >= 15 is 0 Å². The van der Waals surface area contributed by atoms with E-state index in [1.165, 1.54) is 11.1 Å². The minimum Gasteiger partial charge on any atom is -0.441 e. The van der Waals surface area contributed by atoms with Crippen LogP contribution in [0.15, 0.2) is 46.9 Å². The van der Waals surface area contributed by atoms with Crippen LogP contribution in [0.4, 0.5) is 5.69 Å². The zero-order chi connectivity index (χ0) is 13.9. The van der Waals surface area contributed by atoms with E-state index in [1.54, 1.807) is 0 Å². The lowest BCUT2D eigenvalue weighted by molar-refractivity contribution is 0.528. The lowest BCUT2D eigenvalue weighted by Crippen LogP contribution is -1.93. The van der Waals surface area contributed by atoms with Gasteiger partial charge in [-0.05, 0) is 48.2 Å². The van der Waals surface area contributed by atoms with Crippen molar-refractivity contribution in [1.29, 1.82) is 0 Å². The summed E-state index contributed by atoms with van der Waals surface area (Å²) in [6.45, 7) is 2.14. The van der Waals surface area contributed by atoms with Crippen LogP contribution >= 0.6 is 0 Å². The first-order chi connectivity index (χ1) is 9.74. The summed E-state index contributed by atoms with van der Waals surface area (Å²) >= 11 is 0. The Bertz CT molecular complexity index is 731. The zero-order valence-corrected chi connectivity index (χ0v) is 11.6. The van der Waals surface area contributed by atoms with Crippen molar-refractivity contribution >= 4 is 16.8 Å². The van der Waals surface area contributed by atoms with Crippen molar-refractivity contribution in [2.75, 3.05) is 5.73 Å². The van der Waals surface area contributed by atoms with Crippen molar-refractivity contribution in [3.05, 3.63) is 59.5 Å². The molecule has 0 saturated carbocycles. The highest BCUT2D eigenvalue weighted by atomic mass is 16.3. The largest absolute Gasteiger partial charge is 0.441 e. The summed E-state index contributed by atoms with van der Waals surface area (Å²) in [6, 6.07) is 14.1. The Hall–Kier alpha value is -2.29. The fraction of sp³-hybridized carbons (Fsp3) is 0.235. The molecule has 0 aliphatic carbocycles. The minimum atomic E-state index is 0.788. The Morgan fingerprint density at radius 1 is 1.05 bits per heavy atom. The van der Waals surface area contributed by atoms with Gasteiger partial charge >= 0.3 is 0 Å². The summed E-state index contributed by atoms with van der Waals surface area (Å²) in [5.41, 5.74) is 10.9. The molecular weight excluding hydrogens is 248 g/mol. The van der Waals surface area contributed by atoms with Crippen LogP contribution < -0.4 is 5.73 Å². The van der Waals surface area contributed by atoms with Gasteiger partial charge in [-0.25, -0.2) is 4.98 Å². The molecule has 3 rings (SSSR count). The van der Waals surface area contributed by atoms with Crippen molar-refractivity contribution in [3.63, 3.8) is 0 Å². The van der Waals surface area contributed by atoms with Gasteiger partial charge in [0.2, 0.25) is 0 Å². The van der Waals surface area contributed by atoms with Gasteiger partial charge in [0, 0.05) is 12.1 Å². The number of aryl methyl sites for hydroxylation is 3. The highest BCUT2D eigenvalue weighted by molar-refractivity contribution is 5.73. The number of rotatable bonds is 4. The van der Waals surface area contributed by atoms with E-state index in [9.17, 15) is 0 Å². The maximum absolute atomic E-state index is 5.78. The highest BCUT2D eigenvalue weighted by Crippen LogP contribution is 2.19. The quantitative estimate of drug-likeness (QED) is 0.731. The average molecular weight is 266 g/mol. The van der Waals surface area contributed by atoms with E-state index in [4.69, 9.17) is 10.2 Å². The molecule has 2 aromatic carbocycles. The normalized spacial score (nSPS) is 11.1. The summed E-state index contributed by atoms with van der Waals surface area (Å²) in [7, 11) is 0. The third-order valence-corrected chi connectivity index (χ3v) is 3.48. The van der Waals surface area contributed by atoms with E-state index < -0.39 is 0 Å². The molecule has 0 bridgehead atoms.